The first-order chi connectivity index (χ1) is 7.63. The largest absolute Gasteiger partial charge is 0.383 e. The number of hydrogen-bond donors (Lipinski definition) is 0. The van der Waals surface area contributed by atoms with Gasteiger partial charge in [0, 0.05) is 20.2 Å². The molecule has 3 nitrogen and oxygen atoms in total. The van der Waals surface area contributed by atoms with E-state index < -0.39 is 0 Å². The second-order valence-corrected chi connectivity index (χ2v) is 4.96. The maximum absolute atomic E-state index is 5.12. The molecule has 1 heterocycles. The van der Waals surface area contributed by atoms with Crippen LogP contribution in [0.25, 0.3) is 0 Å². The van der Waals surface area contributed by atoms with Crippen LogP contribution in [-0.4, -0.2) is 31.8 Å². The van der Waals surface area contributed by atoms with Crippen LogP contribution in [-0.2, 0) is 4.74 Å². The molecule has 0 bridgehead atoms. The Morgan fingerprint density at radius 3 is 2.75 bits per heavy atom. The Morgan fingerprint density at radius 2 is 2.19 bits per heavy atom. The first-order valence-corrected chi connectivity index (χ1v) is 6.29. The molecule has 1 rings (SSSR count). The summed E-state index contributed by atoms with van der Waals surface area (Å²) in [5, 5.41) is 0. The zero-order valence-electron chi connectivity index (χ0n) is 10.1. The van der Waals surface area contributed by atoms with Gasteiger partial charge in [0.1, 0.15) is 10.4 Å². The number of pyridine rings is 1. The molecule has 0 aromatic carbocycles. The topological polar surface area (TPSA) is 25.4 Å². The van der Waals surface area contributed by atoms with E-state index in [2.05, 4.69) is 39.7 Å². The minimum atomic E-state index is 0.609. The summed E-state index contributed by atoms with van der Waals surface area (Å²) in [7, 11) is 1.72. The smallest absolute Gasteiger partial charge is 0.129 e. The van der Waals surface area contributed by atoms with Crippen LogP contribution in [0.5, 0.6) is 0 Å². The highest BCUT2D eigenvalue weighted by Crippen LogP contribution is 2.16. The molecule has 0 atom stereocenters. The fourth-order valence-corrected chi connectivity index (χ4v) is 1.85. The fourth-order valence-electron chi connectivity index (χ4n) is 1.52. The van der Waals surface area contributed by atoms with Crippen molar-refractivity contribution in [1.82, 2.24) is 4.98 Å². The summed E-state index contributed by atoms with van der Waals surface area (Å²) < 4.78 is 6.00. The van der Waals surface area contributed by atoms with Gasteiger partial charge in [-0.2, -0.15) is 0 Å². The van der Waals surface area contributed by atoms with Crippen LogP contribution in [0.4, 0.5) is 5.82 Å². The Balaban J connectivity index is 2.74. The zero-order chi connectivity index (χ0) is 12.0. The molecule has 0 aliphatic rings. The van der Waals surface area contributed by atoms with E-state index in [1.54, 1.807) is 7.11 Å². The quantitative estimate of drug-likeness (QED) is 0.752. The van der Waals surface area contributed by atoms with Crippen molar-refractivity contribution < 1.29 is 4.74 Å². The van der Waals surface area contributed by atoms with Gasteiger partial charge in [-0.1, -0.05) is 19.9 Å². The van der Waals surface area contributed by atoms with Crippen LogP contribution in [0.1, 0.15) is 13.8 Å². The van der Waals surface area contributed by atoms with E-state index in [1.807, 2.05) is 18.2 Å². The molecule has 0 saturated heterocycles. The first kappa shape index (κ1) is 13.5. The van der Waals surface area contributed by atoms with Gasteiger partial charge in [0.05, 0.1) is 6.61 Å². The molecule has 0 fully saturated rings. The SMILES string of the molecule is COCCN(CC(C)C)c1cccc(Br)n1. The zero-order valence-corrected chi connectivity index (χ0v) is 11.7. The van der Waals surface area contributed by atoms with E-state index >= 15 is 0 Å². The van der Waals surface area contributed by atoms with Crippen molar-refractivity contribution in [2.45, 2.75) is 13.8 Å². The minimum absolute atomic E-state index is 0.609. The summed E-state index contributed by atoms with van der Waals surface area (Å²) in [4.78, 5) is 6.72. The average Bonchev–Trinajstić information content (AvgIpc) is 2.23. The summed E-state index contributed by atoms with van der Waals surface area (Å²) in [5.41, 5.74) is 0. The molecular weight excluding hydrogens is 268 g/mol. The average molecular weight is 287 g/mol. The van der Waals surface area contributed by atoms with Gasteiger partial charge in [-0.25, -0.2) is 4.98 Å². The van der Waals surface area contributed by atoms with Crippen molar-refractivity contribution in [3.8, 4) is 0 Å². The lowest BCUT2D eigenvalue weighted by molar-refractivity contribution is 0.204. The number of hydrogen-bond acceptors (Lipinski definition) is 3. The molecule has 0 N–H and O–H groups in total. The van der Waals surface area contributed by atoms with Gasteiger partial charge < -0.3 is 9.64 Å². The lowest BCUT2D eigenvalue weighted by atomic mass is 10.2. The van der Waals surface area contributed by atoms with Crippen LogP contribution in [0.2, 0.25) is 0 Å². The van der Waals surface area contributed by atoms with Crippen LogP contribution < -0.4 is 4.90 Å². The molecule has 0 aliphatic carbocycles. The predicted molar refractivity (Wildman–Crippen MR) is 70.9 cm³/mol. The molecule has 4 heteroatoms. The van der Waals surface area contributed by atoms with Crippen LogP contribution in [0.15, 0.2) is 22.8 Å². The van der Waals surface area contributed by atoms with Gasteiger partial charge in [-0.05, 0) is 34.0 Å². The third kappa shape index (κ3) is 4.49. The molecule has 0 spiro atoms. The normalized spacial score (nSPS) is 10.8. The van der Waals surface area contributed by atoms with Gasteiger partial charge in [0.15, 0.2) is 0 Å². The van der Waals surface area contributed by atoms with Crippen LogP contribution in [0.3, 0.4) is 0 Å². The van der Waals surface area contributed by atoms with Gasteiger partial charge in [-0.3, -0.25) is 0 Å². The third-order valence-electron chi connectivity index (χ3n) is 2.18. The first-order valence-electron chi connectivity index (χ1n) is 5.50. The Hall–Kier alpha value is -0.610. The van der Waals surface area contributed by atoms with E-state index in [0.29, 0.717) is 5.92 Å². The van der Waals surface area contributed by atoms with Crippen molar-refractivity contribution in [2.24, 2.45) is 5.92 Å². The highest BCUT2D eigenvalue weighted by atomic mass is 79.9. The summed E-state index contributed by atoms with van der Waals surface area (Å²) in [5.74, 6) is 1.61. The highest BCUT2D eigenvalue weighted by molar-refractivity contribution is 9.10. The van der Waals surface area contributed by atoms with E-state index in [1.165, 1.54) is 0 Å². The lowest BCUT2D eigenvalue weighted by Crippen LogP contribution is -2.31. The fraction of sp³-hybridized carbons (Fsp3) is 0.583. The standard InChI is InChI=1S/C12H19BrN2O/c1-10(2)9-15(7-8-16-3)12-6-4-5-11(13)14-12/h4-6,10H,7-9H2,1-3H3. The molecule has 0 amide bonds. The van der Waals surface area contributed by atoms with Crippen molar-refractivity contribution in [2.75, 3.05) is 31.7 Å². The van der Waals surface area contributed by atoms with Crippen molar-refractivity contribution in [1.29, 1.82) is 0 Å². The van der Waals surface area contributed by atoms with E-state index in [9.17, 15) is 0 Å². The molecule has 1 aromatic heterocycles. The van der Waals surface area contributed by atoms with Gasteiger partial charge in [0.25, 0.3) is 0 Å². The molecule has 0 radical (unpaired) electrons. The molecule has 0 saturated carbocycles. The number of halogens is 1. The summed E-state index contributed by atoms with van der Waals surface area (Å²) in [6.07, 6.45) is 0. The third-order valence-corrected chi connectivity index (χ3v) is 2.62. The second-order valence-electron chi connectivity index (χ2n) is 4.15. The van der Waals surface area contributed by atoms with Crippen molar-refractivity contribution in [3.05, 3.63) is 22.8 Å². The number of aromatic nitrogens is 1. The predicted octanol–water partition coefficient (Wildman–Crippen LogP) is 2.95. The summed E-state index contributed by atoms with van der Waals surface area (Å²) in [6, 6.07) is 5.97. The summed E-state index contributed by atoms with van der Waals surface area (Å²) in [6.45, 7) is 7.00. The maximum Gasteiger partial charge on any atom is 0.129 e. The molecule has 1 aromatic rings. The van der Waals surface area contributed by atoms with Gasteiger partial charge in [0.2, 0.25) is 0 Å². The monoisotopic (exact) mass is 286 g/mol. The number of nitrogens with zero attached hydrogens (tertiary/aromatic N) is 2. The molecule has 0 aliphatic heterocycles. The lowest BCUT2D eigenvalue weighted by Gasteiger charge is -2.25. The number of ether oxygens (including phenoxy) is 1. The Morgan fingerprint density at radius 1 is 1.44 bits per heavy atom. The van der Waals surface area contributed by atoms with Gasteiger partial charge >= 0.3 is 0 Å². The number of anilines is 1. The van der Waals surface area contributed by atoms with Crippen molar-refractivity contribution in [3.63, 3.8) is 0 Å². The number of methoxy groups -OCH3 is 1. The Kier molecular flexibility index (Phi) is 5.77. The molecule has 90 valence electrons. The summed E-state index contributed by atoms with van der Waals surface area (Å²) >= 11 is 3.40. The van der Waals surface area contributed by atoms with Crippen molar-refractivity contribution >= 4 is 21.7 Å². The van der Waals surface area contributed by atoms with Crippen LogP contribution in [0, 0.1) is 5.92 Å². The van der Waals surface area contributed by atoms with Crippen LogP contribution >= 0.6 is 15.9 Å². The maximum atomic E-state index is 5.12. The van der Waals surface area contributed by atoms with E-state index in [4.69, 9.17) is 4.74 Å². The Labute approximate surface area is 106 Å². The number of rotatable bonds is 6. The molecular formula is C12H19BrN2O. The van der Waals surface area contributed by atoms with E-state index in [-0.39, 0.29) is 0 Å². The minimum Gasteiger partial charge on any atom is -0.383 e. The highest BCUT2D eigenvalue weighted by Gasteiger charge is 2.09. The molecule has 0 unspecified atom stereocenters. The molecule has 16 heavy (non-hydrogen) atoms. The second kappa shape index (κ2) is 6.86. The Bertz CT molecular complexity index is 318. The van der Waals surface area contributed by atoms with E-state index in [0.717, 1.165) is 30.1 Å². The van der Waals surface area contributed by atoms with Gasteiger partial charge in [-0.15, -0.1) is 0 Å².